The zero-order valence-electron chi connectivity index (χ0n) is 19.0. The first-order valence-electron chi connectivity index (χ1n) is 11.7. The Hall–Kier alpha value is -3.37. The number of nitrogens with one attached hydrogen (secondary N) is 1. The Balaban J connectivity index is 1.59. The minimum atomic E-state index is -2.68. The number of ether oxygens (including phenoxy) is 1. The van der Waals surface area contributed by atoms with Crippen molar-refractivity contribution in [1.29, 1.82) is 0 Å². The van der Waals surface area contributed by atoms with Crippen LogP contribution in [0.5, 0.6) is 0 Å². The quantitative estimate of drug-likeness (QED) is 0.592. The first-order chi connectivity index (χ1) is 16.9. The number of morpholine rings is 1. The van der Waals surface area contributed by atoms with Crippen molar-refractivity contribution >= 4 is 28.5 Å². The molecule has 1 aliphatic carbocycles. The van der Waals surface area contributed by atoms with E-state index in [9.17, 15) is 23.5 Å². The number of H-pyrrole nitrogens is 1. The largest absolute Gasteiger partial charge is 0.393 e. The number of aromatic amines is 1. The van der Waals surface area contributed by atoms with Crippen molar-refractivity contribution in [2.75, 3.05) is 24.7 Å². The molecule has 0 atom stereocenters. The van der Waals surface area contributed by atoms with Gasteiger partial charge in [-0.2, -0.15) is 4.99 Å². The van der Waals surface area contributed by atoms with Crippen molar-refractivity contribution in [2.24, 2.45) is 4.99 Å². The van der Waals surface area contributed by atoms with Gasteiger partial charge in [0.15, 0.2) is 0 Å². The summed E-state index contributed by atoms with van der Waals surface area (Å²) in [5, 5.41) is 9.97. The van der Waals surface area contributed by atoms with Crippen LogP contribution in [0.1, 0.15) is 54.1 Å². The Bertz CT molecular complexity index is 1320. The normalized spacial score (nSPS) is 21.8. The highest BCUT2D eigenvalue weighted by Crippen LogP contribution is 2.31. The minimum Gasteiger partial charge on any atom is -0.393 e. The molecule has 3 aromatic rings. The minimum absolute atomic E-state index is 0.00182. The maximum Gasteiger partial charge on any atom is 0.280 e. The lowest BCUT2D eigenvalue weighted by atomic mass is 9.93. The van der Waals surface area contributed by atoms with Gasteiger partial charge in [0, 0.05) is 29.4 Å². The number of imidazole rings is 1. The predicted octanol–water partition coefficient (Wildman–Crippen LogP) is 3.49. The van der Waals surface area contributed by atoms with E-state index in [1.165, 1.54) is 18.2 Å². The number of aromatic nitrogens is 2. The molecule has 2 fully saturated rings. The number of hydrogen-bond acceptors (Lipinski definition) is 4. The third-order valence-corrected chi connectivity index (χ3v) is 6.64. The van der Waals surface area contributed by atoms with Gasteiger partial charge >= 0.3 is 0 Å². The number of aliphatic hydroxyl groups excluding tert-OH is 1. The SMILES string of the molecule is O=C(/N=c1\[nH]c2cc(N3CCOCC3=O)ccc2n1[C@H]1CC[C@H](O)CC1)c1cccc(C(F)F)c1. The molecule has 0 spiro atoms. The van der Waals surface area contributed by atoms with E-state index in [1.54, 1.807) is 4.90 Å². The van der Waals surface area contributed by atoms with Crippen LogP contribution in [0.25, 0.3) is 11.0 Å². The fourth-order valence-electron chi connectivity index (χ4n) is 4.82. The van der Waals surface area contributed by atoms with Gasteiger partial charge in [-0.3, -0.25) is 9.59 Å². The molecule has 1 saturated heterocycles. The number of nitrogens with zero attached hydrogens (tertiary/aromatic N) is 3. The average Bonchev–Trinajstić information content (AvgIpc) is 3.21. The zero-order valence-corrected chi connectivity index (χ0v) is 19.0. The second-order valence-corrected chi connectivity index (χ2v) is 8.92. The van der Waals surface area contributed by atoms with Gasteiger partial charge in [0.1, 0.15) is 6.61 Å². The van der Waals surface area contributed by atoms with E-state index in [-0.39, 0.29) is 35.8 Å². The Morgan fingerprint density at radius 3 is 2.69 bits per heavy atom. The molecule has 1 aromatic heterocycles. The molecule has 2 heterocycles. The van der Waals surface area contributed by atoms with E-state index >= 15 is 0 Å². The molecule has 2 aliphatic rings. The summed E-state index contributed by atoms with van der Waals surface area (Å²) in [7, 11) is 0. The molecule has 1 saturated carbocycles. The van der Waals surface area contributed by atoms with Crippen LogP contribution in [0.4, 0.5) is 14.5 Å². The summed E-state index contributed by atoms with van der Waals surface area (Å²) in [6, 6.07) is 10.9. The van der Waals surface area contributed by atoms with Gasteiger partial charge in [0.2, 0.25) is 5.62 Å². The summed E-state index contributed by atoms with van der Waals surface area (Å²) in [5.74, 6) is -0.762. The third-order valence-electron chi connectivity index (χ3n) is 6.64. The van der Waals surface area contributed by atoms with Gasteiger partial charge < -0.3 is 24.3 Å². The molecule has 10 heteroatoms. The second kappa shape index (κ2) is 9.71. The van der Waals surface area contributed by atoms with Crippen molar-refractivity contribution in [2.45, 2.75) is 44.3 Å². The summed E-state index contributed by atoms with van der Waals surface area (Å²) in [4.78, 5) is 34.4. The molecule has 8 nitrogen and oxygen atoms in total. The Labute approximate surface area is 199 Å². The van der Waals surface area contributed by atoms with Crippen LogP contribution in [0, 0.1) is 0 Å². The molecule has 0 bridgehead atoms. The van der Waals surface area contributed by atoms with Crippen molar-refractivity contribution in [3.63, 3.8) is 0 Å². The second-order valence-electron chi connectivity index (χ2n) is 8.92. The average molecular weight is 485 g/mol. The number of benzene rings is 2. The number of fused-ring (bicyclic) bond motifs is 1. The summed E-state index contributed by atoms with van der Waals surface area (Å²) in [6.07, 6.45) is -0.353. The number of carbonyl (C=O) groups is 2. The number of alkyl halides is 2. The number of aliphatic hydroxyl groups is 1. The monoisotopic (exact) mass is 484 g/mol. The first-order valence-corrected chi connectivity index (χ1v) is 11.7. The molecule has 2 amide bonds. The fraction of sp³-hybridized carbons (Fsp3) is 0.400. The van der Waals surface area contributed by atoms with Crippen LogP contribution in [-0.2, 0) is 9.53 Å². The predicted molar refractivity (Wildman–Crippen MR) is 124 cm³/mol. The van der Waals surface area contributed by atoms with Gasteiger partial charge in [-0.25, -0.2) is 8.78 Å². The van der Waals surface area contributed by atoms with Gasteiger partial charge in [-0.1, -0.05) is 12.1 Å². The number of amides is 2. The van der Waals surface area contributed by atoms with E-state index < -0.39 is 12.3 Å². The van der Waals surface area contributed by atoms with Crippen LogP contribution < -0.4 is 10.5 Å². The number of carbonyl (C=O) groups excluding carboxylic acids is 2. The molecule has 0 unspecified atom stereocenters. The first kappa shape index (κ1) is 23.4. The van der Waals surface area contributed by atoms with E-state index in [4.69, 9.17) is 4.74 Å². The lowest BCUT2D eigenvalue weighted by Gasteiger charge is -2.28. The zero-order chi connectivity index (χ0) is 24.5. The van der Waals surface area contributed by atoms with E-state index in [1.807, 2.05) is 22.8 Å². The van der Waals surface area contributed by atoms with Crippen LogP contribution in [0.2, 0.25) is 0 Å². The van der Waals surface area contributed by atoms with Crippen molar-refractivity contribution in [3.8, 4) is 0 Å². The van der Waals surface area contributed by atoms with Crippen LogP contribution in [0.3, 0.4) is 0 Å². The molecule has 2 aromatic carbocycles. The highest BCUT2D eigenvalue weighted by atomic mass is 19.3. The molecule has 5 rings (SSSR count). The van der Waals surface area contributed by atoms with Crippen LogP contribution in [0.15, 0.2) is 47.5 Å². The van der Waals surface area contributed by atoms with E-state index in [2.05, 4.69) is 9.98 Å². The summed E-state index contributed by atoms with van der Waals surface area (Å²) in [5.41, 5.74) is 2.35. The van der Waals surface area contributed by atoms with Gasteiger partial charge in [0.05, 0.1) is 23.7 Å². The maximum absolute atomic E-state index is 13.1. The topological polar surface area (TPSA) is 99.9 Å². The number of hydrogen-bond donors (Lipinski definition) is 2. The van der Waals surface area contributed by atoms with E-state index in [0.29, 0.717) is 55.7 Å². The van der Waals surface area contributed by atoms with Gasteiger partial charge in [0.25, 0.3) is 18.2 Å². The molecule has 2 N–H and O–H groups in total. The summed E-state index contributed by atoms with van der Waals surface area (Å²) < 4.78 is 33.4. The van der Waals surface area contributed by atoms with Crippen LogP contribution in [-0.4, -0.2) is 52.3 Å². The smallest absolute Gasteiger partial charge is 0.280 e. The third kappa shape index (κ3) is 4.76. The highest BCUT2D eigenvalue weighted by Gasteiger charge is 2.25. The maximum atomic E-state index is 13.1. The molecular formula is C25H26F2N4O4. The lowest BCUT2D eigenvalue weighted by Crippen LogP contribution is -2.41. The molecule has 1 aliphatic heterocycles. The highest BCUT2D eigenvalue weighted by molar-refractivity contribution is 5.97. The molecule has 184 valence electrons. The standard InChI is InChI=1S/C25H26F2N4O4/c26-23(27)15-2-1-3-16(12-15)24(34)29-25-28-20-13-18(30-10-11-35-14-22(30)33)6-9-21(20)31(25)17-4-7-19(32)8-5-17/h1-3,6,9,12-13,17,19,23,32H,4-5,7-8,10-11,14H2,(H,28,29,34)/t17-,19-. The lowest BCUT2D eigenvalue weighted by molar-refractivity contribution is -0.125. The fourth-order valence-corrected chi connectivity index (χ4v) is 4.82. The van der Waals surface area contributed by atoms with E-state index in [0.717, 1.165) is 11.6 Å². The van der Waals surface area contributed by atoms with Crippen molar-refractivity contribution < 1.29 is 28.2 Å². The van der Waals surface area contributed by atoms with Crippen LogP contribution >= 0.6 is 0 Å². The van der Waals surface area contributed by atoms with Gasteiger partial charge in [-0.15, -0.1) is 0 Å². The summed E-state index contributed by atoms with van der Waals surface area (Å²) in [6.45, 7) is 0.924. The number of anilines is 1. The van der Waals surface area contributed by atoms with Crippen molar-refractivity contribution in [3.05, 3.63) is 59.2 Å². The molecule has 0 radical (unpaired) electrons. The molecular weight excluding hydrogens is 458 g/mol. The Morgan fingerprint density at radius 2 is 1.94 bits per heavy atom. The number of halogens is 2. The number of rotatable bonds is 4. The Kier molecular flexibility index (Phi) is 6.48. The molecule has 35 heavy (non-hydrogen) atoms. The Morgan fingerprint density at radius 1 is 1.14 bits per heavy atom. The summed E-state index contributed by atoms with van der Waals surface area (Å²) >= 11 is 0. The van der Waals surface area contributed by atoms with Gasteiger partial charge in [-0.05, 0) is 56.0 Å². The van der Waals surface area contributed by atoms with Crippen molar-refractivity contribution in [1.82, 2.24) is 9.55 Å².